The second-order valence-electron chi connectivity index (χ2n) is 3.03. The largest absolute Gasteiger partial charge is 0.465 e. The number of amides is 1. The van der Waals surface area contributed by atoms with Crippen LogP contribution in [0.3, 0.4) is 0 Å². The molecule has 0 aromatic carbocycles. The van der Waals surface area contributed by atoms with Crippen molar-refractivity contribution in [1.29, 1.82) is 0 Å². The maximum Gasteiger partial charge on any atom is 0.405 e. The first kappa shape index (κ1) is 5.09. The van der Waals surface area contributed by atoms with Crippen molar-refractivity contribution < 1.29 is 9.90 Å². The van der Waals surface area contributed by atoms with Gasteiger partial charge < -0.3 is 10.4 Å². The molecule has 1 amide bonds. The van der Waals surface area contributed by atoms with E-state index in [9.17, 15) is 4.79 Å². The molecule has 2 atom stereocenters. The monoisotopic (exact) mass is 127 g/mol. The van der Waals surface area contributed by atoms with Crippen molar-refractivity contribution in [2.75, 3.05) is 0 Å². The molecule has 2 rings (SSSR count). The predicted molar refractivity (Wildman–Crippen MR) is 31.2 cm³/mol. The van der Waals surface area contributed by atoms with Gasteiger partial charge in [-0.2, -0.15) is 0 Å². The molecule has 0 saturated heterocycles. The average molecular weight is 127 g/mol. The van der Waals surface area contributed by atoms with Gasteiger partial charge in [-0.25, -0.2) is 4.79 Å². The Kier molecular flexibility index (Phi) is 0.693. The highest BCUT2D eigenvalue weighted by molar-refractivity contribution is 5.67. The van der Waals surface area contributed by atoms with E-state index in [1.807, 2.05) is 0 Å². The summed E-state index contributed by atoms with van der Waals surface area (Å²) in [4.78, 5) is 10.1. The zero-order chi connectivity index (χ0) is 6.48. The molecular formula is C6H9NO2. The molecule has 2 fully saturated rings. The van der Waals surface area contributed by atoms with Gasteiger partial charge in [-0.15, -0.1) is 0 Å². The summed E-state index contributed by atoms with van der Waals surface area (Å²) >= 11 is 0. The Bertz CT molecular complexity index is 164. The molecule has 0 aromatic heterocycles. The van der Waals surface area contributed by atoms with Gasteiger partial charge in [-0.1, -0.05) is 0 Å². The molecule has 50 valence electrons. The number of carbonyl (C=O) groups is 1. The standard InChI is InChI=1S/C6H9NO2/c8-5(9)7-6-2-1-4(6)3-6/h4,7H,1-3H2,(H,8,9). The maximum atomic E-state index is 10.1. The van der Waals surface area contributed by atoms with Crippen LogP contribution in [0.2, 0.25) is 0 Å². The minimum absolute atomic E-state index is 0.0613. The molecule has 9 heavy (non-hydrogen) atoms. The lowest BCUT2D eigenvalue weighted by atomic mass is 9.93. The van der Waals surface area contributed by atoms with Crippen LogP contribution in [0.25, 0.3) is 0 Å². The normalized spacial score (nSPS) is 44.7. The van der Waals surface area contributed by atoms with Crippen molar-refractivity contribution in [3.8, 4) is 0 Å². The third-order valence-corrected chi connectivity index (χ3v) is 2.53. The van der Waals surface area contributed by atoms with E-state index in [1.54, 1.807) is 0 Å². The van der Waals surface area contributed by atoms with Crippen LogP contribution in [-0.4, -0.2) is 16.7 Å². The smallest absolute Gasteiger partial charge is 0.405 e. The number of nitrogens with one attached hydrogen (secondary N) is 1. The minimum atomic E-state index is -0.864. The van der Waals surface area contributed by atoms with E-state index in [0.717, 1.165) is 12.8 Å². The van der Waals surface area contributed by atoms with E-state index in [4.69, 9.17) is 5.11 Å². The second-order valence-corrected chi connectivity index (χ2v) is 3.03. The van der Waals surface area contributed by atoms with E-state index >= 15 is 0 Å². The zero-order valence-electron chi connectivity index (χ0n) is 5.05. The Morgan fingerprint density at radius 3 is 2.67 bits per heavy atom. The molecule has 2 aliphatic carbocycles. The summed E-state index contributed by atoms with van der Waals surface area (Å²) in [5.41, 5.74) is 0.0613. The van der Waals surface area contributed by atoms with Crippen LogP contribution in [0.5, 0.6) is 0 Å². The number of carboxylic acid groups (broad SMARTS) is 1. The highest BCUT2D eigenvalue weighted by Crippen LogP contribution is 2.59. The first-order valence-electron chi connectivity index (χ1n) is 3.24. The van der Waals surface area contributed by atoms with Crippen LogP contribution in [0.4, 0.5) is 4.79 Å². The maximum absolute atomic E-state index is 10.1. The van der Waals surface area contributed by atoms with Gasteiger partial charge in [0, 0.05) is 5.54 Å². The van der Waals surface area contributed by atoms with Gasteiger partial charge in [-0.3, -0.25) is 0 Å². The van der Waals surface area contributed by atoms with E-state index in [-0.39, 0.29) is 5.54 Å². The van der Waals surface area contributed by atoms with Crippen molar-refractivity contribution in [3.05, 3.63) is 0 Å². The number of fused-ring (bicyclic) bond motifs is 1. The van der Waals surface area contributed by atoms with Crippen LogP contribution in [0, 0.1) is 5.92 Å². The number of hydrogen-bond donors (Lipinski definition) is 2. The third kappa shape index (κ3) is 0.544. The molecule has 2 unspecified atom stereocenters. The van der Waals surface area contributed by atoms with Crippen LogP contribution in [0.15, 0.2) is 0 Å². The van der Waals surface area contributed by atoms with Gasteiger partial charge >= 0.3 is 6.09 Å². The Hall–Kier alpha value is -0.730. The summed E-state index contributed by atoms with van der Waals surface area (Å²) in [5, 5.41) is 10.9. The fourth-order valence-corrected chi connectivity index (χ4v) is 1.71. The minimum Gasteiger partial charge on any atom is -0.465 e. The fourth-order valence-electron chi connectivity index (χ4n) is 1.71. The lowest BCUT2D eigenvalue weighted by Gasteiger charge is -2.24. The summed E-state index contributed by atoms with van der Waals surface area (Å²) in [6.07, 6.45) is 2.50. The van der Waals surface area contributed by atoms with Gasteiger partial charge in [0.15, 0.2) is 0 Å². The fraction of sp³-hybridized carbons (Fsp3) is 0.833. The van der Waals surface area contributed by atoms with Crippen molar-refractivity contribution >= 4 is 6.09 Å². The molecule has 3 heteroatoms. The molecule has 2 N–H and O–H groups in total. The molecule has 0 heterocycles. The molecule has 0 radical (unpaired) electrons. The van der Waals surface area contributed by atoms with Crippen molar-refractivity contribution in [2.45, 2.75) is 24.8 Å². The van der Waals surface area contributed by atoms with E-state index < -0.39 is 6.09 Å². The third-order valence-electron chi connectivity index (χ3n) is 2.53. The second kappa shape index (κ2) is 1.23. The Labute approximate surface area is 53.1 Å². The summed E-state index contributed by atoms with van der Waals surface area (Å²) in [6.45, 7) is 0. The molecule has 2 saturated carbocycles. The molecule has 0 aliphatic heterocycles. The van der Waals surface area contributed by atoms with E-state index in [2.05, 4.69) is 5.32 Å². The highest BCUT2D eigenvalue weighted by atomic mass is 16.4. The first-order valence-corrected chi connectivity index (χ1v) is 3.24. The number of hydrogen-bond acceptors (Lipinski definition) is 1. The zero-order valence-corrected chi connectivity index (χ0v) is 5.05. The van der Waals surface area contributed by atoms with Crippen LogP contribution >= 0.6 is 0 Å². The van der Waals surface area contributed by atoms with E-state index in [1.165, 1.54) is 6.42 Å². The van der Waals surface area contributed by atoms with Gasteiger partial charge in [0.2, 0.25) is 0 Å². The van der Waals surface area contributed by atoms with Crippen molar-refractivity contribution in [3.63, 3.8) is 0 Å². The van der Waals surface area contributed by atoms with Crippen molar-refractivity contribution in [2.24, 2.45) is 5.92 Å². The van der Waals surface area contributed by atoms with E-state index in [0.29, 0.717) is 5.92 Å². The van der Waals surface area contributed by atoms with Gasteiger partial charge in [0.25, 0.3) is 0 Å². The molecule has 0 aromatic rings. The van der Waals surface area contributed by atoms with Gasteiger partial charge in [0.05, 0.1) is 0 Å². The van der Waals surface area contributed by atoms with Crippen LogP contribution in [0.1, 0.15) is 19.3 Å². The Morgan fingerprint density at radius 2 is 2.56 bits per heavy atom. The van der Waals surface area contributed by atoms with Gasteiger partial charge in [0.1, 0.15) is 0 Å². The summed E-state index contributed by atoms with van der Waals surface area (Å²) in [6, 6.07) is 0. The molecule has 3 nitrogen and oxygen atoms in total. The summed E-state index contributed by atoms with van der Waals surface area (Å²) < 4.78 is 0. The first-order chi connectivity index (χ1) is 4.23. The molecular weight excluding hydrogens is 118 g/mol. The topological polar surface area (TPSA) is 49.3 Å². The quantitative estimate of drug-likeness (QED) is 0.547. The molecule has 2 aliphatic rings. The Balaban J connectivity index is 1.94. The highest BCUT2D eigenvalue weighted by Gasteiger charge is 2.62. The SMILES string of the molecule is O=C(O)NC12CCC1C2. The van der Waals surface area contributed by atoms with Crippen molar-refractivity contribution in [1.82, 2.24) is 5.32 Å². The lowest BCUT2D eigenvalue weighted by Crippen LogP contribution is -2.42. The van der Waals surface area contributed by atoms with Gasteiger partial charge in [-0.05, 0) is 25.2 Å². The van der Waals surface area contributed by atoms with Crippen LogP contribution < -0.4 is 5.32 Å². The summed E-state index contributed by atoms with van der Waals surface area (Å²) in [7, 11) is 0. The average Bonchev–Trinajstić information content (AvgIpc) is 2.16. The molecule has 0 bridgehead atoms. The summed E-state index contributed by atoms with van der Waals surface area (Å²) in [5.74, 6) is 0.689. The molecule has 0 spiro atoms. The Morgan fingerprint density at radius 1 is 1.78 bits per heavy atom. The predicted octanol–water partition coefficient (Wildman–Crippen LogP) is 0.806. The lowest BCUT2D eigenvalue weighted by molar-refractivity contribution is 0.179. The van der Waals surface area contributed by atoms with Crippen LogP contribution in [-0.2, 0) is 0 Å². The number of rotatable bonds is 1.